The molecule has 2 N–H and O–H groups in total. The fourth-order valence-electron chi connectivity index (χ4n) is 1.89. The minimum atomic E-state index is 0.339. The van der Waals surface area contributed by atoms with Crippen molar-refractivity contribution in [2.45, 2.75) is 33.6 Å². The Bertz CT molecular complexity index is 347. The summed E-state index contributed by atoms with van der Waals surface area (Å²) in [5.74, 6) is 2.49. The standard InChI is InChI=1S/C12H22N4/c1-8(2)6-16(5)12-10(9(3)4)11(13)14-7-15-12/h7-9H,6H2,1-5H3,(H2,13,14,15). The van der Waals surface area contributed by atoms with Crippen molar-refractivity contribution in [3.63, 3.8) is 0 Å². The Morgan fingerprint density at radius 3 is 2.38 bits per heavy atom. The normalized spacial score (nSPS) is 11.2. The van der Waals surface area contributed by atoms with E-state index in [0.717, 1.165) is 17.9 Å². The van der Waals surface area contributed by atoms with E-state index in [0.29, 0.717) is 17.7 Å². The summed E-state index contributed by atoms with van der Waals surface area (Å²) in [6.07, 6.45) is 1.54. The molecule has 0 bridgehead atoms. The maximum absolute atomic E-state index is 5.91. The predicted octanol–water partition coefficient (Wildman–Crippen LogP) is 2.27. The first-order valence-corrected chi connectivity index (χ1v) is 5.75. The number of rotatable bonds is 4. The van der Waals surface area contributed by atoms with E-state index in [1.54, 1.807) is 0 Å². The lowest BCUT2D eigenvalue weighted by atomic mass is 10.0. The first-order valence-electron chi connectivity index (χ1n) is 5.75. The second-order valence-electron chi connectivity index (χ2n) is 4.93. The minimum absolute atomic E-state index is 0.339. The summed E-state index contributed by atoms with van der Waals surface area (Å²) in [7, 11) is 2.05. The van der Waals surface area contributed by atoms with Gasteiger partial charge in [-0.3, -0.25) is 0 Å². The van der Waals surface area contributed by atoms with Gasteiger partial charge in [-0.25, -0.2) is 9.97 Å². The summed E-state index contributed by atoms with van der Waals surface area (Å²) >= 11 is 0. The molecule has 0 aromatic carbocycles. The van der Waals surface area contributed by atoms with E-state index in [2.05, 4.69) is 42.6 Å². The van der Waals surface area contributed by atoms with Crippen LogP contribution in [0.2, 0.25) is 0 Å². The highest BCUT2D eigenvalue weighted by Crippen LogP contribution is 2.28. The Kier molecular flexibility index (Phi) is 4.10. The zero-order chi connectivity index (χ0) is 12.3. The second-order valence-corrected chi connectivity index (χ2v) is 4.93. The van der Waals surface area contributed by atoms with Gasteiger partial charge in [-0.15, -0.1) is 0 Å². The smallest absolute Gasteiger partial charge is 0.137 e. The summed E-state index contributed by atoms with van der Waals surface area (Å²) in [5.41, 5.74) is 6.96. The van der Waals surface area contributed by atoms with Crippen molar-refractivity contribution in [2.75, 3.05) is 24.2 Å². The Labute approximate surface area is 97.9 Å². The Hall–Kier alpha value is -1.32. The van der Waals surface area contributed by atoms with E-state index >= 15 is 0 Å². The van der Waals surface area contributed by atoms with Crippen LogP contribution >= 0.6 is 0 Å². The largest absolute Gasteiger partial charge is 0.383 e. The maximum Gasteiger partial charge on any atom is 0.137 e. The third-order valence-electron chi connectivity index (χ3n) is 2.47. The van der Waals surface area contributed by atoms with E-state index < -0.39 is 0 Å². The van der Waals surface area contributed by atoms with Crippen molar-refractivity contribution in [2.24, 2.45) is 5.92 Å². The van der Waals surface area contributed by atoms with Gasteiger partial charge in [0.2, 0.25) is 0 Å². The van der Waals surface area contributed by atoms with E-state index in [4.69, 9.17) is 5.73 Å². The third-order valence-corrected chi connectivity index (χ3v) is 2.47. The van der Waals surface area contributed by atoms with Crippen LogP contribution in [0.5, 0.6) is 0 Å². The van der Waals surface area contributed by atoms with Crippen molar-refractivity contribution >= 4 is 11.6 Å². The fourth-order valence-corrected chi connectivity index (χ4v) is 1.89. The molecule has 1 aromatic rings. The predicted molar refractivity (Wildman–Crippen MR) is 68.6 cm³/mol. The second kappa shape index (κ2) is 5.14. The number of anilines is 2. The van der Waals surface area contributed by atoms with Crippen LogP contribution in [0, 0.1) is 5.92 Å². The van der Waals surface area contributed by atoms with Crippen molar-refractivity contribution in [3.05, 3.63) is 11.9 Å². The summed E-state index contributed by atoms with van der Waals surface area (Å²) in [5, 5.41) is 0. The molecule has 4 nitrogen and oxygen atoms in total. The summed E-state index contributed by atoms with van der Waals surface area (Å²) in [6.45, 7) is 9.58. The SMILES string of the molecule is CC(C)CN(C)c1ncnc(N)c1C(C)C. The van der Waals surface area contributed by atoms with Crippen LogP contribution < -0.4 is 10.6 Å². The molecule has 1 rings (SSSR count). The molecule has 0 aliphatic carbocycles. The van der Waals surface area contributed by atoms with Gasteiger partial charge in [0.15, 0.2) is 0 Å². The molecule has 0 atom stereocenters. The summed E-state index contributed by atoms with van der Waals surface area (Å²) in [4.78, 5) is 10.6. The van der Waals surface area contributed by atoms with Crippen molar-refractivity contribution in [1.29, 1.82) is 0 Å². The number of hydrogen-bond acceptors (Lipinski definition) is 4. The molecule has 0 spiro atoms. The Balaban J connectivity index is 3.07. The lowest BCUT2D eigenvalue weighted by Crippen LogP contribution is -2.25. The average Bonchev–Trinajstić information content (AvgIpc) is 2.15. The first-order chi connectivity index (χ1) is 7.43. The molecular weight excluding hydrogens is 200 g/mol. The van der Waals surface area contributed by atoms with Gasteiger partial charge in [-0.2, -0.15) is 0 Å². The molecular formula is C12H22N4. The molecule has 1 heterocycles. The first kappa shape index (κ1) is 12.7. The van der Waals surface area contributed by atoms with Gasteiger partial charge in [-0.1, -0.05) is 27.7 Å². The van der Waals surface area contributed by atoms with Crippen molar-refractivity contribution < 1.29 is 0 Å². The van der Waals surface area contributed by atoms with E-state index in [1.165, 1.54) is 6.33 Å². The number of nitrogens with two attached hydrogens (primary N) is 1. The lowest BCUT2D eigenvalue weighted by molar-refractivity contribution is 0.630. The van der Waals surface area contributed by atoms with Gasteiger partial charge in [0.05, 0.1) is 0 Å². The van der Waals surface area contributed by atoms with Crippen LogP contribution in [0.4, 0.5) is 11.6 Å². The molecule has 0 amide bonds. The molecule has 0 saturated heterocycles. The Morgan fingerprint density at radius 1 is 1.25 bits per heavy atom. The number of hydrogen-bond donors (Lipinski definition) is 1. The van der Waals surface area contributed by atoms with E-state index in [9.17, 15) is 0 Å². The van der Waals surface area contributed by atoms with Crippen LogP contribution in [-0.2, 0) is 0 Å². The van der Waals surface area contributed by atoms with Gasteiger partial charge in [-0.05, 0) is 11.8 Å². The van der Waals surface area contributed by atoms with Crippen LogP contribution in [0.15, 0.2) is 6.33 Å². The highest BCUT2D eigenvalue weighted by molar-refractivity contribution is 5.57. The van der Waals surface area contributed by atoms with Crippen molar-refractivity contribution in [3.8, 4) is 0 Å². The summed E-state index contributed by atoms with van der Waals surface area (Å²) < 4.78 is 0. The van der Waals surface area contributed by atoms with Crippen LogP contribution in [0.3, 0.4) is 0 Å². The highest BCUT2D eigenvalue weighted by atomic mass is 15.2. The molecule has 1 aromatic heterocycles. The molecule has 0 radical (unpaired) electrons. The van der Waals surface area contributed by atoms with Crippen molar-refractivity contribution in [1.82, 2.24) is 9.97 Å². The van der Waals surface area contributed by atoms with E-state index in [-0.39, 0.29) is 0 Å². The number of aromatic nitrogens is 2. The highest BCUT2D eigenvalue weighted by Gasteiger charge is 2.16. The Morgan fingerprint density at radius 2 is 1.88 bits per heavy atom. The maximum atomic E-state index is 5.91. The molecule has 16 heavy (non-hydrogen) atoms. The monoisotopic (exact) mass is 222 g/mol. The zero-order valence-electron chi connectivity index (χ0n) is 10.9. The molecule has 90 valence electrons. The zero-order valence-corrected chi connectivity index (χ0v) is 10.9. The van der Waals surface area contributed by atoms with Crippen LogP contribution in [-0.4, -0.2) is 23.6 Å². The topological polar surface area (TPSA) is 55.0 Å². The molecule has 0 aliphatic rings. The molecule has 0 fully saturated rings. The van der Waals surface area contributed by atoms with Crippen LogP contribution in [0.1, 0.15) is 39.2 Å². The van der Waals surface area contributed by atoms with Gasteiger partial charge >= 0.3 is 0 Å². The molecule has 0 aliphatic heterocycles. The lowest BCUT2D eigenvalue weighted by Gasteiger charge is -2.24. The molecule has 0 saturated carbocycles. The van der Waals surface area contributed by atoms with Gasteiger partial charge in [0.1, 0.15) is 18.0 Å². The van der Waals surface area contributed by atoms with Gasteiger partial charge in [0.25, 0.3) is 0 Å². The number of nitrogen functional groups attached to an aromatic ring is 1. The minimum Gasteiger partial charge on any atom is -0.383 e. The molecule has 0 unspecified atom stereocenters. The quantitative estimate of drug-likeness (QED) is 0.849. The van der Waals surface area contributed by atoms with E-state index in [1.807, 2.05) is 7.05 Å². The number of nitrogens with zero attached hydrogens (tertiary/aromatic N) is 3. The molecule has 4 heteroatoms. The summed E-state index contributed by atoms with van der Waals surface area (Å²) in [6, 6.07) is 0. The fraction of sp³-hybridized carbons (Fsp3) is 0.667. The van der Waals surface area contributed by atoms with Crippen LogP contribution in [0.25, 0.3) is 0 Å². The average molecular weight is 222 g/mol. The third kappa shape index (κ3) is 2.84. The van der Waals surface area contributed by atoms with Gasteiger partial charge < -0.3 is 10.6 Å². The van der Waals surface area contributed by atoms with Gasteiger partial charge in [0, 0.05) is 19.2 Å².